The third kappa shape index (κ3) is 3.87. The number of aromatic nitrogens is 2. The lowest BCUT2D eigenvalue weighted by Gasteiger charge is -2.07. The molecule has 0 bridgehead atoms. The lowest BCUT2D eigenvalue weighted by Crippen LogP contribution is -2.25. The van der Waals surface area contributed by atoms with Gasteiger partial charge >= 0.3 is 0 Å². The van der Waals surface area contributed by atoms with Gasteiger partial charge in [0.05, 0.1) is 12.3 Å². The van der Waals surface area contributed by atoms with Crippen LogP contribution >= 0.6 is 0 Å². The van der Waals surface area contributed by atoms with E-state index in [1.807, 2.05) is 25.1 Å². The number of aryl methyl sites for hydroxylation is 2. The molecule has 102 valence electrons. The monoisotopic (exact) mass is 281 g/mol. The molecule has 0 aliphatic heterocycles. The Bertz CT molecular complexity index is 664. The van der Waals surface area contributed by atoms with Crippen LogP contribution in [0.25, 0.3) is 0 Å². The molecule has 1 aromatic heterocycles. The zero-order chi connectivity index (χ0) is 13.9. The van der Waals surface area contributed by atoms with Crippen LogP contribution in [0.15, 0.2) is 28.7 Å². The highest BCUT2D eigenvalue weighted by Crippen LogP contribution is 2.10. The number of hydrogen-bond donors (Lipinski definition) is 1. The Balaban J connectivity index is 2.01. The molecule has 0 fully saturated rings. The third-order valence-electron chi connectivity index (χ3n) is 2.62. The normalized spacial score (nSPS) is 11.7. The maximum atomic E-state index is 11.9. The standard InChI is InChI=1S/C12H15N3O3S/c1-9-5-3-4-6-11(9)8-19(16,17)13-7-12-15-14-10(2)18-12/h3-6,13H,7-8H2,1-2H3. The fourth-order valence-corrected chi connectivity index (χ4v) is 2.79. The van der Waals surface area contributed by atoms with E-state index in [9.17, 15) is 8.42 Å². The van der Waals surface area contributed by atoms with Crippen LogP contribution in [0, 0.1) is 13.8 Å². The number of sulfonamides is 1. The van der Waals surface area contributed by atoms with E-state index in [1.54, 1.807) is 13.0 Å². The van der Waals surface area contributed by atoms with E-state index < -0.39 is 10.0 Å². The summed E-state index contributed by atoms with van der Waals surface area (Å²) in [6, 6.07) is 7.37. The molecule has 1 aromatic carbocycles. The first-order valence-corrected chi connectivity index (χ1v) is 7.42. The molecule has 1 N–H and O–H groups in total. The van der Waals surface area contributed by atoms with Crippen molar-refractivity contribution in [3.63, 3.8) is 0 Å². The minimum Gasteiger partial charge on any atom is -0.424 e. The van der Waals surface area contributed by atoms with Crippen LogP contribution in [-0.2, 0) is 22.3 Å². The second kappa shape index (κ2) is 5.50. The molecule has 2 aromatic rings. The Morgan fingerprint density at radius 1 is 1.21 bits per heavy atom. The van der Waals surface area contributed by atoms with Gasteiger partial charge in [-0.3, -0.25) is 0 Å². The van der Waals surface area contributed by atoms with Gasteiger partial charge in [0.2, 0.25) is 21.8 Å². The number of benzene rings is 1. The van der Waals surface area contributed by atoms with Crippen molar-refractivity contribution in [2.45, 2.75) is 26.1 Å². The van der Waals surface area contributed by atoms with Crippen molar-refractivity contribution in [3.05, 3.63) is 47.2 Å². The molecule has 0 spiro atoms. The molecule has 6 nitrogen and oxygen atoms in total. The maximum Gasteiger partial charge on any atom is 0.231 e. The van der Waals surface area contributed by atoms with Crippen molar-refractivity contribution in [1.82, 2.24) is 14.9 Å². The number of hydrogen-bond acceptors (Lipinski definition) is 5. The van der Waals surface area contributed by atoms with Gasteiger partial charge in [-0.05, 0) is 18.1 Å². The summed E-state index contributed by atoms with van der Waals surface area (Å²) in [5, 5.41) is 7.36. The smallest absolute Gasteiger partial charge is 0.231 e. The zero-order valence-corrected chi connectivity index (χ0v) is 11.6. The zero-order valence-electron chi connectivity index (χ0n) is 10.8. The SMILES string of the molecule is Cc1nnc(CNS(=O)(=O)Cc2ccccc2C)o1. The van der Waals surface area contributed by atoms with Gasteiger partial charge in [0.15, 0.2) is 0 Å². The van der Waals surface area contributed by atoms with Crippen LogP contribution in [0.3, 0.4) is 0 Å². The Labute approximate surface area is 111 Å². The molecule has 0 saturated carbocycles. The average Bonchev–Trinajstić information content (AvgIpc) is 2.76. The van der Waals surface area contributed by atoms with E-state index in [0.717, 1.165) is 11.1 Å². The molecular formula is C12H15N3O3S. The van der Waals surface area contributed by atoms with E-state index in [4.69, 9.17) is 4.42 Å². The molecule has 7 heteroatoms. The molecule has 0 amide bonds. The largest absolute Gasteiger partial charge is 0.424 e. The van der Waals surface area contributed by atoms with Crippen molar-refractivity contribution in [2.75, 3.05) is 0 Å². The molecule has 0 aliphatic carbocycles. The minimum atomic E-state index is -3.42. The Morgan fingerprint density at radius 2 is 1.95 bits per heavy atom. The van der Waals surface area contributed by atoms with Gasteiger partial charge in [0.1, 0.15) is 0 Å². The van der Waals surface area contributed by atoms with E-state index in [2.05, 4.69) is 14.9 Å². The maximum absolute atomic E-state index is 11.9. The fraction of sp³-hybridized carbons (Fsp3) is 0.333. The van der Waals surface area contributed by atoms with E-state index in [0.29, 0.717) is 5.89 Å². The van der Waals surface area contributed by atoms with Crippen molar-refractivity contribution < 1.29 is 12.8 Å². The third-order valence-corrected chi connectivity index (χ3v) is 3.89. The van der Waals surface area contributed by atoms with Crippen molar-refractivity contribution in [3.8, 4) is 0 Å². The van der Waals surface area contributed by atoms with Crippen molar-refractivity contribution in [2.24, 2.45) is 0 Å². The first-order chi connectivity index (χ1) is 8.96. The van der Waals surface area contributed by atoms with Gasteiger partial charge in [-0.2, -0.15) is 0 Å². The molecule has 0 unspecified atom stereocenters. The summed E-state index contributed by atoms with van der Waals surface area (Å²) in [6.07, 6.45) is 0. The average molecular weight is 281 g/mol. The summed E-state index contributed by atoms with van der Waals surface area (Å²) in [6.45, 7) is 3.54. The molecule has 19 heavy (non-hydrogen) atoms. The number of rotatable bonds is 5. The van der Waals surface area contributed by atoms with Crippen LogP contribution in [0.2, 0.25) is 0 Å². The van der Waals surface area contributed by atoms with Crippen molar-refractivity contribution >= 4 is 10.0 Å². The molecule has 2 rings (SSSR count). The highest BCUT2D eigenvalue weighted by Gasteiger charge is 2.14. The first kappa shape index (κ1) is 13.7. The summed E-state index contributed by atoms with van der Waals surface area (Å²) in [5.74, 6) is 0.603. The number of nitrogens with one attached hydrogen (secondary N) is 1. The summed E-state index contributed by atoms with van der Waals surface area (Å²) < 4.78 is 31.4. The molecule has 0 atom stereocenters. The molecule has 0 radical (unpaired) electrons. The first-order valence-electron chi connectivity index (χ1n) is 5.77. The second-order valence-electron chi connectivity index (χ2n) is 4.22. The topological polar surface area (TPSA) is 85.1 Å². The predicted octanol–water partition coefficient (Wildman–Crippen LogP) is 1.31. The van der Waals surface area contributed by atoms with Crippen molar-refractivity contribution in [1.29, 1.82) is 0 Å². The van der Waals surface area contributed by atoms with Crippen LogP contribution in [0.5, 0.6) is 0 Å². The summed E-state index contributed by atoms with van der Waals surface area (Å²) in [5.41, 5.74) is 1.72. The minimum absolute atomic E-state index is 0.00898. The molecule has 1 heterocycles. The van der Waals surface area contributed by atoms with Crippen LogP contribution in [-0.4, -0.2) is 18.6 Å². The van der Waals surface area contributed by atoms with Crippen LogP contribution in [0.1, 0.15) is 22.9 Å². The van der Waals surface area contributed by atoms with Gasteiger partial charge in [-0.1, -0.05) is 24.3 Å². The predicted molar refractivity (Wildman–Crippen MR) is 69.7 cm³/mol. The Morgan fingerprint density at radius 3 is 2.58 bits per heavy atom. The Kier molecular flexibility index (Phi) is 3.96. The fourth-order valence-electron chi connectivity index (χ4n) is 1.61. The van der Waals surface area contributed by atoms with Gasteiger partial charge in [0.25, 0.3) is 0 Å². The summed E-state index contributed by atoms with van der Waals surface area (Å²) >= 11 is 0. The van der Waals surface area contributed by atoms with Gasteiger partial charge < -0.3 is 4.42 Å². The molecule has 0 saturated heterocycles. The Hall–Kier alpha value is -1.73. The lowest BCUT2D eigenvalue weighted by molar-refractivity contribution is 0.460. The van der Waals surface area contributed by atoms with E-state index >= 15 is 0 Å². The van der Waals surface area contributed by atoms with Gasteiger partial charge in [-0.15, -0.1) is 10.2 Å². The van der Waals surface area contributed by atoms with Crippen LogP contribution < -0.4 is 4.72 Å². The summed E-state index contributed by atoms with van der Waals surface area (Å²) in [4.78, 5) is 0. The highest BCUT2D eigenvalue weighted by atomic mass is 32.2. The second-order valence-corrected chi connectivity index (χ2v) is 6.03. The molecule has 0 aliphatic rings. The van der Waals surface area contributed by atoms with Gasteiger partial charge in [-0.25, -0.2) is 13.1 Å². The number of nitrogens with zero attached hydrogens (tertiary/aromatic N) is 2. The van der Waals surface area contributed by atoms with Crippen LogP contribution in [0.4, 0.5) is 0 Å². The molecular weight excluding hydrogens is 266 g/mol. The van der Waals surface area contributed by atoms with E-state index in [-0.39, 0.29) is 18.2 Å². The highest BCUT2D eigenvalue weighted by molar-refractivity contribution is 7.88. The quantitative estimate of drug-likeness (QED) is 0.893. The summed E-state index contributed by atoms with van der Waals surface area (Å²) in [7, 11) is -3.42. The van der Waals surface area contributed by atoms with Gasteiger partial charge in [0, 0.05) is 6.92 Å². The van der Waals surface area contributed by atoms with E-state index in [1.165, 1.54) is 0 Å². The lowest BCUT2D eigenvalue weighted by atomic mass is 10.1.